The molecule has 1 N–H and O–H groups in total. The summed E-state index contributed by atoms with van der Waals surface area (Å²) in [5.41, 5.74) is 0.637. The average molecular weight is 296 g/mol. The zero-order valence-corrected chi connectivity index (χ0v) is 14.8. The van der Waals surface area contributed by atoms with Gasteiger partial charge in [-0.2, -0.15) is 0 Å². The first-order chi connectivity index (χ1) is 10.00. The highest BCUT2D eigenvalue weighted by molar-refractivity contribution is 4.94. The van der Waals surface area contributed by atoms with Crippen molar-refractivity contribution >= 4 is 0 Å². The van der Waals surface area contributed by atoms with Crippen molar-refractivity contribution in [2.75, 3.05) is 13.1 Å². The molecule has 2 atom stereocenters. The van der Waals surface area contributed by atoms with E-state index in [0.717, 1.165) is 13.1 Å². The van der Waals surface area contributed by atoms with Crippen LogP contribution in [0.5, 0.6) is 0 Å². The standard InChI is InChI=1S/C19H37NO/c1-5-13-20-15-18(4,16(2)3)14-17-9-12-19(21-17)10-7-6-8-11-19/h16-17,20H,5-15H2,1-4H3. The van der Waals surface area contributed by atoms with Crippen LogP contribution in [0.2, 0.25) is 0 Å². The molecule has 1 saturated heterocycles. The summed E-state index contributed by atoms with van der Waals surface area (Å²) in [4.78, 5) is 0. The van der Waals surface area contributed by atoms with Crippen LogP contribution in [0.4, 0.5) is 0 Å². The quantitative estimate of drug-likeness (QED) is 0.673. The molecule has 2 heteroatoms. The van der Waals surface area contributed by atoms with E-state index in [1.165, 1.54) is 57.8 Å². The van der Waals surface area contributed by atoms with E-state index >= 15 is 0 Å². The molecule has 2 nitrogen and oxygen atoms in total. The predicted molar refractivity (Wildman–Crippen MR) is 90.6 cm³/mol. The van der Waals surface area contributed by atoms with E-state index in [9.17, 15) is 0 Å². The lowest BCUT2D eigenvalue weighted by Crippen LogP contribution is -2.40. The lowest BCUT2D eigenvalue weighted by molar-refractivity contribution is -0.0792. The summed E-state index contributed by atoms with van der Waals surface area (Å²) < 4.78 is 6.61. The fraction of sp³-hybridized carbons (Fsp3) is 1.00. The normalized spacial score (nSPS) is 28.1. The number of ether oxygens (including phenoxy) is 1. The summed E-state index contributed by atoms with van der Waals surface area (Å²) >= 11 is 0. The molecule has 1 spiro atoms. The van der Waals surface area contributed by atoms with Crippen LogP contribution in [0.15, 0.2) is 0 Å². The minimum atomic E-state index is 0.275. The maximum Gasteiger partial charge on any atom is 0.0687 e. The molecule has 124 valence electrons. The third-order valence-electron chi connectivity index (χ3n) is 6.15. The summed E-state index contributed by atoms with van der Waals surface area (Å²) in [5, 5.41) is 3.65. The van der Waals surface area contributed by atoms with Crippen LogP contribution < -0.4 is 5.32 Å². The van der Waals surface area contributed by atoms with Crippen molar-refractivity contribution in [1.82, 2.24) is 5.32 Å². The highest BCUT2D eigenvalue weighted by Crippen LogP contribution is 2.45. The molecule has 0 aromatic rings. The summed E-state index contributed by atoms with van der Waals surface area (Å²) in [7, 11) is 0. The van der Waals surface area contributed by atoms with Crippen molar-refractivity contribution in [3.63, 3.8) is 0 Å². The molecule has 2 fully saturated rings. The molecule has 0 radical (unpaired) electrons. The van der Waals surface area contributed by atoms with Crippen molar-refractivity contribution in [3.05, 3.63) is 0 Å². The number of hydrogen-bond acceptors (Lipinski definition) is 2. The first-order valence-corrected chi connectivity index (χ1v) is 9.38. The molecule has 1 aliphatic heterocycles. The molecule has 1 saturated carbocycles. The minimum absolute atomic E-state index is 0.275. The Labute approximate surface area is 132 Å². The molecule has 0 bridgehead atoms. The predicted octanol–water partition coefficient (Wildman–Crippen LogP) is 4.92. The summed E-state index contributed by atoms with van der Waals surface area (Å²) in [6, 6.07) is 0. The fourth-order valence-electron chi connectivity index (χ4n) is 4.19. The minimum Gasteiger partial charge on any atom is -0.372 e. The molecule has 1 aliphatic carbocycles. The molecule has 2 aliphatic rings. The zero-order valence-electron chi connectivity index (χ0n) is 14.8. The number of nitrogens with one attached hydrogen (secondary N) is 1. The second-order valence-electron chi connectivity index (χ2n) is 8.21. The lowest BCUT2D eigenvalue weighted by Gasteiger charge is -2.38. The molecule has 1 heterocycles. The van der Waals surface area contributed by atoms with Crippen LogP contribution >= 0.6 is 0 Å². The molecule has 2 unspecified atom stereocenters. The van der Waals surface area contributed by atoms with Crippen molar-refractivity contribution in [3.8, 4) is 0 Å². The van der Waals surface area contributed by atoms with Gasteiger partial charge >= 0.3 is 0 Å². The third-order valence-corrected chi connectivity index (χ3v) is 6.15. The Morgan fingerprint density at radius 2 is 1.90 bits per heavy atom. The molecule has 2 rings (SSSR count). The average Bonchev–Trinajstić information content (AvgIpc) is 2.82. The van der Waals surface area contributed by atoms with Gasteiger partial charge < -0.3 is 10.1 Å². The Bertz CT molecular complexity index is 309. The van der Waals surface area contributed by atoms with E-state index < -0.39 is 0 Å². The molecule has 0 aromatic heterocycles. The largest absolute Gasteiger partial charge is 0.372 e. The Hall–Kier alpha value is -0.0800. The van der Waals surface area contributed by atoms with Crippen molar-refractivity contribution in [1.29, 1.82) is 0 Å². The van der Waals surface area contributed by atoms with Gasteiger partial charge in [-0.3, -0.25) is 0 Å². The van der Waals surface area contributed by atoms with Gasteiger partial charge in [0.1, 0.15) is 0 Å². The first kappa shape index (κ1) is 17.3. The zero-order chi connectivity index (χ0) is 15.3. The van der Waals surface area contributed by atoms with E-state index in [1.54, 1.807) is 0 Å². The van der Waals surface area contributed by atoms with Crippen molar-refractivity contribution in [2.24, 2.45) is 11.3 Å². The van der Waals surface area contributed by atoms with Crippen LogP contribution in [-0.4, -0.2) is 24.8 Å². The van der Waals surface area contributed by atoms with Crippen molar-refractivity contribution < 1.29 is 4.74 Å². The summed E-state index contributed by atoms with van der Waals surface area (Å²) in [6.07, 6.45) is 12.4. The maximum atomic E-state index is 6.61. The Kier molecular flexibility index (Phi) is 6.14. The second kappa shape index (κ2) is 7.46. The van der Waals surface area contributed by atoms with Crippen LogP contribution in [0.3, 0.4) is 0 Å². The molecule has 21 heavy (non-hydrogen) atoms. The van der Waals surface area contributed by atoms with E-state index in [4.69, 9.17) is 4.74 Å². The third kappa shape index (κ3) is 4.45. The maximum absolute atomic E-state index is 6.61. The van der Waals surface area contributed by atoms with Gasteiger partial charge in [0.25, 0.3) is 0 Å². The Morgan fingerprint density at radius 3 is 2.52 bits per heavy atom. The first-order valence-electron chi connectivity index (χ1n) is 9.38. The Balaban J connectivity index is 1.88. The van der Waals surface area contributed by atoms with Gasteiger partial charge in [-0.1, -0.05) is 47.0 Å². The molecular formula is C19H37NO. The van der Waals surface area contributed by atoms with Gasteiger partial charge in [0, 0.05) is 6.54 Å². The van der Waals surface area contributed by atoms with Crippen LogP contribution in [-0.2, 0) is 4.74 Å². The topological polar surface area (TPSA) is 21.3 Å². The highest BCUT2D eigenvalue weighted by atomic mass is 16.5. The van der Waals surface area contributed by atoms with E-state index in [1.807, 2.05) is 0 Å². The van der Waals surface area contributed by atoms with E-state index in [2.05, 4.69) is 33.0 Å². The van der Waals surface area contributed by atoms with E-state index in [-0.39, 0.29) is 5.60 Å². The molecule has 0 aromatic carbocycles. The molecular weight excluding hydrogens is 258 g/mol. The molecule has 0 amide bonds. The van der Waals surface area contributed by atoms with Gasteiger partial charge in [0.2, 0.25) is 0 Å². The number of rotatable bonds is 7. The number of hydrogen-bond donors (Lipinski definition) is 1. The van der Waals surface area contributed by atoms with E-state index in [0.29, 0.717) is 17.4 Å². The van der Waals surface area contributed by atoms with Crippen LogP contribution in [0.25, 0.3) is 0 Å². The fourth-order valence-corrected chi connectivity index (χ4v) is 4.19. The van der Waals surface area contributed by atoms with Gasteiger partial charge in [0.15, 0.2) is 0 Å². The van der Waals surface area contributed by atoms with Gasteiger partial charge in [-0.05, 0) is 56.4 Å². The summed E-state index contributed by atoms with van der Waals surface area (Å²) in [6.45, 7) is 11.7. The van der Waals surface area contributed by atoms with Gasteiger partial charge in [-0.25, -0.2) is 0 Å². The monoisotopic (exact) mass is 295 g/mol. The van der Waals surface area contributed by atoms with Crippen LogP contribution in [0.1, 0.15) is 85.5 Å². The highest BCUT2D eigenvalue weighted by Gasteiger charge is 2.43. The van der Waals surface area contributed by atoms with Gasteiger partial charge in [0.05, 0.1) is 11.7 Å². The van der Waals surface area contributed by atoms with Crippen LogP contribution in [0, 0.1) is 11.3 Å². The SMILES string of the molecule is CCCNCC(C)(CC1CCC2(CCCCC2)O1)C(C)C. The summed E-state index contributed by atoms with van der Waals surface area (Å²) in [5.74, 6) is 0.702. The second-order valence-corrected chi connectivity index (χ2v) is 8.21. The van der Waals surface area contributed by atoms with Crippen molar-refractivity contribution in [2.45, 2.75) is 97.2 Å². The lowest BCUT2D eigenvalue weighted by atomic mass is 9.74. The Morgan fingerprint density at radius 1 is 1.19 bits per heavy atom. The smallest absolute Gasteiger partial charge is 0.0687 e. The van der Waals surface area contributed by atoms with Gasteiger partial charge in [-0.15, -0.1) is 0 Å².